The van der Waals surface area contributed by atoms with Gasteiger partial charge in [0.1, 0.15) is 0 Å². The maximum atomic E-state index is 10.3. The van der Waals surface area contributed by atoms with E-state index in [1.54, 1.807) is 0 Å². The highest BCUT2D eigenvalue weighted by Gasteiger charge is 2.22. The van der Waals surface area contributed by atoms with Crippen molar-refractivity contribution in [2.24, 2.45) is 5.92 Å². The minimum absolute atomic E-state index is 0.258. The summed E-state index contributed by atoms with van der Waals surface area (Å²) in [6.45, 7) is 5.88. The number of nitrogens with zero attached hydrogens (tertiary/aromatic N) is 1. The molecule has 3 nitrogen and oxygen atoms in total. The highest BCUT2D eigenvalue weighted by molar-refractivity contribution is 5.29. The second-order valence-electron chi connectivity index (χ2n) is 6.93. The van der Waals surface area contributed by atoms with Gasteiger partial charge in [-0.15, -0.1) is 0 Å². The van der Waals surface area contributed by atoms with Crippen LogP contribution >= 0.6 is 0 Å². The molecule has 0 amide bonds. The Kier molecular flexibility index (Phi) is 4.94. The van der Waals surface area contributed by atoms with Gasteiger partial charge in [-0.2, -0.15) is 0 Å². The summed E-state index contributed by atoms with van der Waals surface area (Å²) in [6.07, 6.45) is 4.72. The SMILES string of the molecule is CC1CCC(NCC(O)CN2CCc3ccccc3C2)C1. The lowest BCUT2D eigenvalue weighted by Gasteiger charge is -2.30. The predicted molar refractivity (Wildman–Crippen MR) is 86.2 cm³/mol. The third-order valence-corrected chi connectivity index (χ3v) is 5.02. The van der Waals surface area contributed by atoms with Crippen LogP contribution in [-0.4, -0.2) is 41.8 Å². The lowest BCUT2D eigenvalue weighted by atomic mass is 10.00. The molecule has 3 rings (SSSR count). The van der Waals surface area contributed by atoms with Gasteiger partial charge in [0.25, 0.3) is 0 Å². The molecule has 2 N–H and O–H groups in total. The molecule has 0 radical (unpaired) electrons. The molecule has 3 unspecified atom stereocenters. The molecule has 0 aromatic heterocycles. The highest BCUT2D eigenvalue weighted by atomic mass is 16.3. The fourth-order valence-corrected chi connectivity index (χ4v) is 3.77. The molecule has 1 saturated carbocycles. The fraction of sp³-hybridized carbons (Fsp3) is 0.667. The molecule has 0 saturated heterocycles. The van der Waals surface area contributed by atoms with Crippen LogP contribution in [0, 0.1) is 5.92 Å². The first kappa shape index (κ1) is 15.0. The maximum absolute atomic E-state index is 10.3. The van der Waals surface area contributed by atoms with E-state index >= 15 is 0 Å². The summed E-state index contributed by atoms with van der Waals surface area (Å²) in [6, 6.07) is 9.30. The van der Waals surface area contributed by atoms with E-state index in [0.717, 1.165) is 38.5 Å². The largest absolute Gasteiger partial charge is 0.390 e. The Morgan fingerprint density at radius 2 is 2.10 bits per heavy atom. The maximum Gasteiger partial charge on any atom is 0.0791 e. The molecule has 116 valence electrons. The zero-order valence-corrected chi connectivity index (χ0v) is 13.1. The summed E-state index contributed by atoms with van der Waals surface area (Å²) >= 11 is 0. The smallest absolute Gasteiger partial charge is 0.0791 e. The van der Waals surface area contributed by atoms with Crippen molar-refractivity contribution in [1.82, 2.24) is 10.2 Å². The van der Waals surface area contributed by atoms with Gasteiger partial charge in [-0.05, 0) is 42.7 Å². The first-order chi connectivity index (χ1) is 10.2. The van der Waals surface area contributed by atoms with Gasteiger partial charge in [-0.25, -0.2) is 0 Å². The Labute approximate surface area is 128 Å². The van der Waals surface area contributed by atoms with Crippen LogP contribution < -0.4 is 5.32 Å². The van der Waals surface area contributed by atoms with Crippen LogP contribution in [-0.2, 0) is 13.0 Å². The Morgan fingerprint density at radius 3 is 2.86 bits per heavy atom. The van der Waals surface area contributed by atoms with Crippen molar-refractivity contribution in [2.75, 3.05) is 19.6 Å². The van der Waals surface area contributed by atoms with Gasteiger partial charge in [0, 0.05) is 32.2 Å². The third kappa shape index (κ3) is 4.06. The number of rotatable bonds is 5. The van der Waals surface area contributed by atoms with Gasteiger partial charge in [0.15, 0.2) is 0 Å². The number of aliphatic hydroxyl groups is 1. The van der Waals surface area contributed by atoms with Crippen LogP contribution in [0.25, 0.3) is 0 Å². The van der Waals surface area contributed by atoms with Crippen LogP contribution in [0.15, 0.2) is 24.3 Å². The number of hydrogen-bond donors (Lipinski definition) is 2. The zero-order valence-electron chi connectivity index (χ0n) is 13.1. The Bertz CT molecular complexity index is 462. The second kappa shape index (κ2) is 6.91. The Hall–Kier alpha value is -0.900. The van der Waals surface area contributed by atoms with E-state index in [0.29, 0.717) is 6.04 Å². The lowest BCUT2D eigenvalue weighted by molar-refractivity contribution is 0.102. The molecule has 2 aliphatic rings. The minimum atomic E-state index is -0.258. The van der Waals surface area contributed by atoms with E-state index in [2.05, 4.69) is 41.4 Å². The molecular formula is C18H28N2O. The molecule has 21 heavy (non-hydrogen) atoms. The van der Waals surface area contributed by atoms with E-state index in [1.807, 2.05) is 0 Å². The average Bonchev–Trinajstić information content (AvgIpc) is 2.91. The summed E-state index contributed by atoms with van der Waals surface area (Å²) < 4.78 is 0. The fourth-order valence-electron chi connectivity index (χ4n) is 3.77. The first-order valence-corrected chi connectivity index (χ1v) is 8.41. The molecule has 1 aromatic carbocycles. The molecule has 0 bridgehead atoms. The van der Waals surface area contributed by atoms with Crippen LogP contribution in [0.2, 0.25) is 0 Å². The molecule has 1 aliphatic carbocycles. The quantitative estimate of drug-likeness (QED) is 0.872. The number of hydrogen-bond acceptors (Lipinski definition) is 3. The second-order valence-corrected chi connectivity index (χ2v) is 6.93. The van der Waals surface area contributed by atoms with Crippen LogP contribution in [0.1, 0.15) is 37.3 Å². The van der Waals surface area contributed by atoms with E-state index in [4.69, 9.17) is 0 Å². The molecular weight excluding hydrogens is 260 g/mol. The average molecular weight is 288 g/mol. The highest BCUT2D eigenvalue weighted by Crippen LogP contribution is 2.24. The topological polar surface area (TPSA) is 35.5 Å². The predicted octanol–water partition coefficient (Wildman–Crippen LogP) is 2.18. The number of nitrogens with one attached hydrogen (secondary N) is 1. The van der Waals surface area contributed by atoms with Crippen LogP contribution in [0.3, 0.4) is 0 Å². The van der Waals surface area contributed by atoms with Gasteiger partial charge in [-0.1, -0.05) is 31.2 Å². The standard InChI is InChI=1S/C18H28N2O/c1-14-6-7-17(10-14)19-11-18(21)13-20-9-8-15-4-2-3-5-16(15)12-20/h2-5,14,17-19,21H,6-13H2,1H3. The van der Waals surface area contributed by atoms with Gasteiger partial charge in [0.2, 0.25) is 0 Å². The summed E-state index contributed by atoms with van der Waals surface area (Å²) in [5.74, 6) is 0.846. The van der Waals surface area contributed by atoms with E-state index in [9.17, 15) is 5.11 Å². The van der Waals surface area contributed by atoms with Crippen molar-refractivity contribution in [1.29, 1.82) is 0 Å². The van der Waals surface area contributed by atoms with E-state index in [-0.39, 0.29) is 6.10 Å². The van der Waals surface area contributed by atoms with Gasteiger partial charge in [-0.3, -0.25) is 4.90 Å². The number of β-amino-alcohol motifs (C(OH)–C–C–N with tert-alkyl or cyclic N) is 1. The van der Waals surface area contributed by atoms with Crippen molar-refractivity contribution >= 4 is 0 Å². The monoisotopic (exact) mass is 288 g/mol. The Morgan fingerprint density at radius 1 is 1.29 bits per heavy atom. The van der Waals surface area contributed by atoms with Crippen molar-refractivity contribution < 1.29 is 5.11 Å². The van der Waals surface area contributed by atoms with E-state index < -0.39 is 0 Å². The molecule has 1 heterocycles. The lowest BCUT2D eigenvalue weighted by Crippen LogP contribution is -2.42. The summed E-state index contributed by atoms with van der Waals surface area (Å²) in [5, 5.41) is 13.8. The molecule has 1 aromatic rings. The van der Waals surface area contributed by atoms with Crippen LogP contribution in [0.5, 0.6) is 0 Å². The summed E-state index contributed by atoms with van der Waals surface area (Å²) in [7, 11) is 0. The molecule has 0 spiro atoms. The normalized spacial score (nSPS) is 27.5. The molecule has 1 fully saturated rings. The zero-order chi connectivity index (χ0) is 14.7. The minimum Gasteiger partial charge on any atom is -0.390 e. The summed E-state index contributed by atoms with van der Waals surface area (Å²) in [4.78, 5) is 2.38. The molecule has 3 atom stereocenters. The Balaban J connectivity index is 1.42. The number of fused-ring (bicyclic) bond motifs is 1. The van der Waals surface area contributed by atoms with Gasteiger partial charge in [0.05, 0.1) is 6.10 Å². The third-order valence-electron chi connectivity index (χ3n) is 5.02. The molecule has 3 heteroatoms. The van der Waals surface area contributed by atoms with Crippen molar-refractivity contribution in [3.8, 4) is 0 Å². The van der Waals surface area contributed by atoms with Gasteiger partial charge < -0.3 is 10.4 Å². The first-order valence-electron chi connectivity index (χ1n) is 8.41. The van der Waals surface area contributed by atoms with Gasteiger partial charge >= 0.3 is 0 Å². The summed E-state index contributed by atoms with van der Waals surface area (Å²) in [5.41, 5.74) is 2.90. The van der Waals surface area contributed by atoms with Crippen molar-refractivity contribution in [3.63, 3.8) is 0 Å². The number of aliphatic hydroxyl groups excluding tert-OH is 1. The molecule has 1 aliphatic heterocycles. The van der Waals surface area contributed by atoms with E-state index in [1.165, 1.54) is 30.4 Å². The van der Waals surface area contributed by atoms with Crippen molar-refractivity contribution in [2.45, 2.75) is 51.3 Å². The van der Waals surface area contributed by atoms with Crippen LogP contribution in [0.4, 0.5) is 0 Å². The number of benzene rings is 1. The van der Waals surface area contributed by atoms with Crippen molar-refractivity contribution in [3.05, 3.63) is 35.4 Å².